The minimum Gasteiger partial charge on any atom is -0.478 e. The molecule has 86 valence electrons. The molecule has 0 amide bonds. The van der Waals surface area contributed by atoms with E-state index in [9.17, 15) is 4.79 Å². The van der Waals surface area contributed by atoms with Crippen molar-refractivity contribution >= 4 is 21.9 Å². The number of rotatable bonds is 5. The second-order valence-electron chi connectivity index (χ2n) is 3.45. The van der Waals surface area contributed by atoms with Gasteiger partial charge in [0.1, 0.15) is 0 Å². The van der Waals surface area contributed by atoms with Gasteiger partial charge >= 0.3 is 5.97 Å². The van der Waals surface area contributed by atoms with E-state index in [2.05, 4.69) is 15.9 Å². The molecule has 0 aliphatic carbocycles. The maximum atomic E-state index is 10.3. The Labute approximate surface area is 103 Å². The molecule has 0 aromatic heterocycles. The number of aliphatic carboxylic acids is 1. The van der Waals surface area contributed by atoms with Crippen molar-refractivity contribution in [1.82, 2.24) is 0 Å². The van der Waals surface area contributed by atoms with Crippen LogP contribution in [0.2, 0.25) is 0 Å². The zero-order valence-corrected chi connectivity index (χ0v) is 10.5. The molecule has 0 saturated heterocycles. The first kappa shape index (κ1) is 12.9. The molecular weight excluding hydrogens is 272 g/mol. The van der Waals surface area contributed by atoms with Gasteiger partial charge in [-0.05, 0) is 30.2 Å². The topological polar surface area (TPSA) is 46.5 Å². The van der Waals surface area contributed by atoms with Crippen molar-refractivity contribution in [1.29, 1.82) is 0 Å². The fourth-order valence-corrected chi connectivity index (χ4v) is 1.43. The highest BCUT2D eigenvalue weighted by atomic mass is 79.9. The Morgan fingerprint density at radius 2 is 2.06 bits per heavy atom. The summed E-state index contributed by atoms with van der Waals surface area (Å²) in [6.07, 6.45) is 1.15. The van der Waals surface area contributed by atoms with Crippen LogP contribution in [0.25, 0.3) is 0 Å². The van der Waals surface area contributed by atoms with E-state index in [1.165, 1.54) is 0 Å². The molecule has 1 N–H and O–H groups in total. The number of carboxylic acids is 1. The maximum Gasteiger partial charge on any atom is 0.328 e. The van der Waals surface area contributed by atoms with Crippen LogP contribution in [0.3, 0.4) is 0 Å². The van der Waals surface area contributed by atoms with Crippen molar-refractivity contribution in [2.24, 2.45) is 0 Å². The lowest BCUT2D eigenvalue weighted by molar-refractivity contribution is -0.131. The van der Waals surface area contributed by atoms with Gasteiger partial charge in [0.25, 0.3) is 0 Å². The summed E-state index contributed by atoms with van der Waals surface area (Å²) < 4.78 is 6.40. The molecule has 1 rings (SSSR count). The van der Waals surface area contributed by atoms with E-state index in [1.807, 2.05) is 24.3 Å². The molecule has 0 unspecified atom stereocenters. The molecule has 3 nitrogen and oxygen atoms in total. The molecule has 0 radical (unpaired) electrons. The summed E-state index contributed by atoms with van der Waals surface area (Å²) in [6, 6.07) is 7.80. The number of carbonyl (C=O) groups is 1. The van der Waals surface area contributed by atoms with Gasteiger partial charge in [0.15, 0.2) is 0 Å². The number of hydrogen-bond acceptors (Lipinski definition) is 2. The summed E-state index contributed by atoms with van der Waals surface area (Å²) in [5.74, 6) is -0.940. The van der Waals surface area contributed by atoms with Crippen LogP contribution >= 0.6 is 15.9 Å². The second kappa shape index (κ2) is 6.45. The molecule has 0 atom stereocenters. The van der Waals surface area contributed by atoms with Crippen LogP contribution in [0.5, 0.6) is 0 Å². The second-order valence-corrected chi connectivity index (χ2v) is 4.36. The molecule has 0 aliphatic heterocycles. The van der Waals surface area contributed by atoms with Crippen LogP contribution in [0.4, 0.5) is 0 Å². The monoisotopic (exact) mass is 284 g/mol. The van der Waals surface area contributed by atoms with Gasteiger partial charge in [-0.25, -0.2) is 4.79 Å². The van der Waals surface area contributed by atoms with E-state index in [0.29, 0.717) is 18.8 Å². The number of hydrogen-bond donors (Lipinski definition) is 1. The summed E-state index contributed by atoms with van der Waals surface area (Å²) in [6.45, 7) is 2.55. The first-order chi connectivity index (χ1) is 7.58. The fourth-order valence-electron chi connectivity index (χ4n) is 1.16. The fraction of sp³-hybridized carbons (Fsp3) is 0.250. The van der Waals surface area contributed by atoms with E-state index in [4.69, 9.17) is 9.84 Å². The van der Waals surface area contributed by atoms with Crippen LogP contribution in [-0.4, -0.2) is 17.7 Å². The summed E-state index contributed by atoms with van der Waals surface area (Å²) in [4.78, 5) is 10.3. The Kier molecular flexibility index (Phi) is 5.22. The number of ether oxygens (including phenoxy) is 1. The van der Waals surface area contributed by atoms with Gasteiger partial charge in [0, 0.05) is 10.5 Å². The van der Waals surface area contributed by atoms with Crippen molar-refractivity contribution in [3.05, 3.63) is 46.0 Å². The van der Waals surface area contributed by atoms with Crippen LogP contribution in [-0.2, 0) is 16.1 Å². The van der Waals surface area contributed by atoms with Crippen molar-refractivity contribution in [3.63, 3.8) is 0 Å². The molecule has 4 heteroatoms. The number of halogens is 1. The zero-order chi connectivity index (χ0) is 12.0. The molecule has 0 bridgehead atoms. The van der Waals surface area contributed by atoms with Crippen molar-refractivity contribution in [3.8, 4) is 0 Å². The zero-order valence-electron chi connectivity index (χ0n) is 8.94. The van der Waals surface area contributed by atoms with Crippen molar-refractivity contribution in [2.75, 3.05) is 6.61 Å². The maximum absolute atomic E-state index is 10.3. The molecule has 1 aromatic carbocycles. The highest BCUT2D eigenvalue weighted by Crippen LogP contribution is 2.11. The predicted molar refractivity (Wildman–Crippen MR) is 65.2 cm³/mol. The Morgan fingerprint density at radius 3 is 2.62 bits per heavy atom. The number of carboxylic acid groups (broad SMARTS) is 1. The van der Waals surface area contributed by atoms with Crippen molar-refractivity contribution < 1.29 is 14.6 Å². The lowest BCUT2D eigenvalue weighted by Gasteiger charge is -2.04. The first-order valence-electron chi connectivity index (χ1n) is 4.80. The lowest BCUT2D eigenvalue weighted by atomic mass is 10.2. The van der Waals surface area contributed by atoms with Gasteiger partial charge in [0.2, 0.25) is 0 Å². The van der Waals surface area contributed by atoms with Gasteiger partial charge in [0.05, 0.1) is 13.2 Å². The lowest BCUT2D eigenvalue weighted by Crippen LogP contribution is -1.99. The molecule has 1 aromatic rings. The highest BCUT2D eigenvalue weighted by molar-refractivity contribution is 9.10. The Morgan fingerprint density at radius 1 is 1.44 bits per heavy atom. The largest absolute Gasteiger partial charge is 0.478 e. The Hall–Kier alpha value is -1.13. The Bertz CT molecular complexity index is 382. The average Bonchev–Trinajstić information content (AvgIpc) is 2.20. The van der Waals surface area contributed by atoms with Gasteiger partial charge < -0.3 is 9.84 Å². The smallest absolute Gasteiger partial charge is 0.328 e. The van der Waals surface area contributed by atoms with Gasteiger partial charge in [-0.2, -0.15) is 0 Å². The minimum absolute atomic E-state index is 0.336. The Balaban J connectivity index is 2.36. The van der Waals surface area contributed by atoms with Crippen molar-refractivity contribution in [2.45, 2.75) is 13.5 Å². The standard InChI is InChI=1S/C12H13BrO3/c1-9(6-12(14)15)7-16-8-10-2-4-11(13)5-3-10/h2-6H,7-8H2,1H3,(H,14,15)/b9-6-. The van der Waals surface area contributed by atoms with E-state index < -0.39 is 5.97 Å². The van der Waals surface area contributed by atoms with E-state index >= 15 is 0 Å². The quantitative estimate of drug-likeness (QED) is 0.846. The minimum atomic E-state index is -0.940. The third-order valence-corrected chi connectivity index (χ3v) is 2.41. The predicted octanol–water partition coefficient (Wildman–Crippen LogP) is 3.00. The summed E-state index contributed by atoms with van der Waals surface area (Å²) in [5.41, 5.74) is 1.76. The molecule has 16 heavy (non-hydrogen) atoms. The molecular formula is C12H13BrO3. The molecule has 0 aliphatic rings. The van der Waals surface area contributed by atoms with E-state index in [-0.39, 0.29) is 0 Å². The molecule has 0 heterocycles. The van der Waals surface area contributed by atoms with E-state index in [0.717, 1.165) is 16.1 Å². The molecule has 0 fully saturated rings. The summed E-state index contributed by atoms with van der Waals surface area (Å²) in [5, 5.41) is 8.49. The first-order valence-corrected chi connectivity index (χ1v) is 5.59. The van der Waals surface area contributed by atoms with Crippen LogP contribution in [0.1, 0.15) is 12.5 Å². The summed E-state index contributed by atoms with van der Waals surface area (Å²) >= 11 is 3.35. The van der Waals surface area contributed by atoms with Gasteiger partial charge in [-0.3, -0.25) is 0 Å². The van der Waals surface area contributed by atoms with Crippen LogP contribution < -0.4 is 0 Å². The average molecular weight is 285 g/mol. The van der Waals surface area contributed by atoms with Gasteiger partial charge in [-0.15, -0.1) is 0 Å². The highest BCUT2D eigenvalue weighted by Gasteiger charge is 1.96. The SMILES string of the molecule is C/C(=C/C(=O)O)COCc1ccc(Br)cc1. The van der Waals surface area contributed by atoms with Crippen LogP contribution in [0, 0.1) is 0 Å². The van der Waals surface area contributed by atoms with Gasteiger partial charge in [-0.1, -0.05) is 28.1 Å². The van der Waals surface area contributed by atoms with Crippen LogP contribution in [0.15, 0.2) is 40.4 Å². The number of benzene rings is 1. The summed E-state index contributed by atoms with van der Waals surface area (Å²) in [7, 11) is 0. The third-order valence-electron chi connectivity index (χ3n) is 1.88. The molecule has 0 spiro atoms. The van der Waals surface area contributed by atoms with E-state index in [1.54, 1.807) is 6.92 Å². The normalized spacial score (nSPS) is 11.5. The third kappa shape index (κ3) is 5.09. The molecule has 0 saturated carbocycles.